The maximum absolute atomic E-state index is 11.8. The number of unbranched alkanes of at least 4 members (excludes halogenated alkanes) is 3. The van der Waals surface area contributed by atoms with E-state index in [4.69, 9.17) is 9.84 Å². The van der Waals surface area contributed by atoms with Crippen LogP contribution >= 0.6 is 0 Å². The first-order valence-electron chi connectivity index (χ1n) is 8.16. The van der Waals surface area contributed by atoms with Crippen molar-refractivity contribution in [2.45, 2.75) is 51.0 Å². The molecule has 7 nitrogen and oxygen atoms in total. The van der Waals surface area contributed by atoms with E-state index in [0.717, 1.165) is 19.3 Å². The smallest absolute Gasteiger partial charge is 0.307 e. The Balaban J connectivity index is 3.97. The molecule has 0 aromatic rings. The normalized spacial score (nSPS) is 13.0. The Kier molecular flexibility index (Phi) is 10.7. The minimum Gasteiger partial charge on any atom is -0.550 e. The summed E-state index contributed by atoms with van der Waals surface area (Å²) in [6.45, 7) is 0.411. The van der Waals surface area contributed by atoms with Crippen molar-refractivity contribution in [3.8, 4) is 0 Å². The van der Waals surface area contributed by atoms with Gasteiger partial charge in [0, 0.05) is 18.8 Å². The van der Waals surface area contributed by atoms with Crippen LogP contribution in [0.2, 0.25) is 0 Å². The van der Waals surface area contributed by atoms with Crippen molar-refractivity contribution in [2.24, 2.45) is 0 Å². The lowest BCUT2D eigenvalue weighted by Crippen LogP contribution is -2.45. The predicted octanol–water partition coefficient (Wildman–Crippen LogP) is 0.726. The highest BCUT2D eigenvalue weighted by Gasteiger charge is 2.22. The van der Waals surface area contributed by atoms with Crippen LogP contribution in [-0.4, -0.2) is 61.3 Å². The van der Waals surface area contributed by atoms with Gasteiger partial charge >= 0.3 is 11.9 Å². The summed E-state index contributed by atoms with van der Waals surface area (Å²) in [5.41, 5.74) is 0. The summed E-state index contributed by atoms with van der Waals surface area (Å²) in [7, 11) is 5.69. The molecule has 0 aromatic carbocycles. The van der Waals surface area contributed by atoms with Gasteiger partial charge in [-0.2, -0.15) is 0 Å². The van der Waals surface area contributed by atoms with Crippen LogP contribution in [0, 0.1) is 0 Å². The van der Waals surface area contributed by atoms with E-state index in [1.54, 1.807) is 6.08 Å². The molecule has 138 valence electrons. The van der Waals surface area contributed by atoms with Crippen LogP contribution < -0.4 is 5.11 Å². The highest BCUT2D eigenvalue weighted by atomic mass is 16.5. The number of rotatable bonds is 13. The summed E-state index contributed by atoms with van der Waals surface area (Å²) < 4.78 is 5.75. The molecule has 0 fully saturated rings. The van der Waals surface area contributed by atoms with Gasteiger partial charge in [-0.3, -0.25) is 9.59 Å². The van der Waals surface area contributed by atoms with Crippen LogP contribution in [0.4, 0.5) is 0 Å². The molecule has 7 heteroatoms. The van der Waals surface area contributed by atoms with Crippen molar-refractivity contribution in [3.63, 3.8) is 0 Å². The van der Waals surface area contributed by atoms with Gasteiger partial charge in [-0.15, -0.1) is 0 Å². The molecule has 0 bridgehead atoms. The van der Waals surface area contributed by atoms with Crippen molar-refractivity contribution >= 4 is 17.9 Å². The minimum atomic E-state index is -1.23. The Bertz CT molecular complexity index is 439. The molecule has 0 rings (SSSR count). The fourth-order valence-electron chi connectivity index (χ4n) is 2.20. The quantitative estimate of drug-likeness (QED) is 0.229. The monoisotopic (exact) mass is 343 g/mol. The van der Waals surface area contributed by atoms with Crippen LogP contribution in [0.1, 0.15) is 44.9 Å². The SMILES string of the molecule is C[N+](C)(C)CC(CC(=O)[O-])OC(=O)CCCCC/C=C/CC(=O)O. The number of quaternary nitrogens is 1. The number of carboxylic acids is 2. The number of carbonyl (C=O) groups excluding carboxylic acids is 2. The number of likely N-dealkylation sites (N-methyl/N-ethyl adjacent to an activating group) is 1. The fourth-order valence-corrected chi connectivity index (χ4v) is 2.20. The van der Waals surface area contributed by atoms with E-state index in [1.165, 1.54) is 0 Å². The third kappa shape index (κ3) is 15.0. The van der Waals surface area contributed by atoms with E-state index in [9.17, 15) is 19.5 Å². The summed E-state index contributed by atoms with van der Waals surface area (Å²) in [6.07, 6.45) is 5.87. The summed E-state index contributed by atoms with van der Waals surface area (Å²) in [6, 6.07) is 0. The first-order chi connectivity index (χ1) is 11.1. The molecule has 0 heterocycles. The van der Waals surface area contributed by atoms with E-state index in [0.29, 0.717) is 17.4 Å². The standard InChI is InChI=1S/C17H29NO6/c1-18(2,3)13-14(12-16(21)22)24-17(23)11-9-7-5-4-6-8-10-15(19)20/h6,8,14H,4-5,7,9-13H2,1-3H3,(H-,19,20,21,22)/b8-6+. The Morgan fingerprint density at radius 2 is 1.79 bits per heavy atom. The predicted molar refractivity (Wildman–Crippen MR) is 86.9 cm³/mol. The number of carboxylic acid groups (broad SMARTS) is 2. The summed E-state index contributed by atoms with van der Waals surface area (Å²) in [5.74, 6) is -2.47. The van der Waals surface area contributed by atoms with Gasteiger partial charge in [0.25, 0.3) is 0 Å². The molecule has 1 atom stereocenters. The number of esters is 1. The van der Waals surface area contributed by atoms with Crippen molar-refractivity contribution in [2.75, 3.05) is 27.7 Å². The highest BCUT2D eigenvalue weighted by Crippen LogP contribution is 2.09. The Morgan fingerprint density at radius 1 is 1.12 bits per heavy atom. The highest BCUT2D eigenvalue weighted by molar-refractivity contribution is 5.71. The Morgan fingerprint density at radius 3 is 2.33 bits per heavy atom. The molecule has 0 saturated heterocycles. The summed E-state index contributed by atoms with van der Waals surface area (Å²) >= 11 is 0. The molecule has 0 amide bonds. The number of nitrogens with zero attached hydrogens (tertiary/aromatic N) is 1. The lowest BCUT2D eigenvalue weighted by atomic mass is 10.1. The van der Waals surface area contributed by atoms with Gasteiger partial charge in [0.1, 0.15) is 6.54 Å². The van der Waals surface area contributed by atoms with E-state index in [-0.39, 0.29) is 19.3 Å². The Hall–Kier alpha value is -1.89. The molecule has 0 spiro atoms. The fraction of sp³-hybridized carbons (Fsp3) is 0.706. The maximum Gasteiger partial charge on any atom is 0.307 e. The number of hydrogen-bond donors (Lipinski definition) is 1. The number of allylic oxidation sites excluding steroid dienone is 1. The largest absolute Gasteiger partial charge is 0.550 e. The van der Waals surface area contributed by atoms with Crippen LogP contribution in [0.25, 0.3) is 0 Å². The van der Waals surface area contributed by atoms with Gasteiger partial charge < -0.3 is 24.2 Å². The average molecular weight is 343 g/mol. The second kappa shape index (κ2) is 11.6. The van der Waals surface area contributed by atoms with Gasteiger partial charge in [0.05, 0.1) is 27.6 Å². The Labute approximate surface area is 143 Å². The molecule has 0 radical (unpaired) electrons. The van der Waals surface area contributed by atoms with Crippen LogP contribution in [0.5, 0.6) is 0 Å². The number of carbonyl (C=O) groups is 3. The van der Waals surface area contributed by atoms with Gasteiger partial charge in [-0.05, 0) is 19.3 Å². The van der Waals surface area contributed by atoms with E-state index < -0.39 is 24.0 Å². The van der Waals surface area contributed by atoms with E-state index >= 15 is 0 Å². The molecule has 0 aliphatic heterocycles. The summed E-state index contributed by atoms with van der Waals surface area (Å²) in [5, 5.41) is 19.2. The third-order valence-corrected chi connectivity index (χ3v) is 3.15. The molecular weight excluding hydrogens is 314 g/mol. The number of ether oxygens (including phenoxy) is 1. The zero-order chi connectivity index (χ0) is 18.6. The lowest BCUT2D eigenvalue weighted by molar-refractivity contribution is -0.873. The van der Waals surface area contributed by atoms with Crippen LogP contribution in [0.3, 0.4) is 0 Å². The molecule has 0 saturated carbocycles. The third-order valence-electron chi connectivity index (χ3n) is 3.15. The molecule has 0 aromatic heterocycles. The first kappa shape index (κ1) is 22.1. The zero-order valence-corrected chi connectivity index (χ0v) is 14.8. The van der Waals surface area contributed by atoms with Gasteiger partial charge in [-0.25, -0.2) is 0 Å². The maximum atomic E-state index is 11.8. The molecule has 1 unspecified atom stereocenters. The van der Waals surface area contributed by atoms with Crippen LogP contribution in [-0.2, 0) is 19.1 Å². The van der Waals surface area contributed by atoms with Crippen LogP contribution in [0.15, 0.2) is 12.2 Å². The zero-order valence-electron chi connectivity index (χ0n) is 14.8. The topological polar surface area (TPSA) is 104 Å². The van der Waals surface area contributed by atoms with E-state index in [1.807, 2.05) is 27.2 Å². The van der Waals surface area contributed by atoms with Gasteiger partial charge in [-0.1, -0.05) is 18.6 Å². The second-order valence-electron chi connectivity index (χ2n) is 6.83. The molecule has 24 heavy (non-hydrogen) atoms. The van der Waals surface area contributed by atoms with Crippen molar-refractivity contribution in [1.82, 2.24) is 0 Å². The molecular formula is C17H29NO6. The molecule has 0 aliphatic carbocycles. The number of aliphatic carboxylic acids is 2. The van der Waals surface area contributed by atoms with Gasteiger partial charge in [0.15, 0.2) is 6.10 Å². The average Bonchev–Trinajstić information content (AvgIpc) is 2.38. The second-order valence-corrected chi connectivity index (χ2v) is 6.83. The van der Waals surface area contributed by atoms with Crippen molar-refractivity contribution in [1.29, 1.82) is 0 Å². The minimum absolute atomic E-state index is 0.0262. The van der Waals surface area contributed by atoms with Gasteiger partial charge in [0.2, 0.25) is 0 Å². The molecule has 0 aliphatic rings. The number of hydrogen-bond acceptors (Lipinski definition) is 5. The summed E-state index contributed by atoms with van der Waals surface area (Å²) in [4.78, 5) is 32.9. The lowest BCUT2D eigenvalue weighted by Gasteiger charge is -2.29. The van der Waals surface area contributed by atoms with Crippen molar-refractivity contribution < 1.29 is 33.8 Å². The van der Waals surface area contributed by atoms with Crippen molar-refractivity contribution in [3.05, 3.63) is 12.2 Å². The molecule has 1 N–H and O–H groups in total. The first-order valence-corrected chi connectivity index (χ1v) is 8.16. The van der Waals surface area contributed by atoms with E-state index in [2.05, 4.69) is 0 Å².